The van der Waals surface area contributed by atoms with Crippen molar-refractivity contribution >= 4 is 17.3 Å². The Labute approximate surface area is 178 Å². The van der Waals surface area contributed by atoms with E-state index in [9.17, 15) is 0 Å². The van der Waals surface area contributed by atoms with E-state index in [0.717, 1.165) is 62.4 Å². The Morgan fingerprint density at radius 3 is 2.50 bits per heavy atom. The van der Waals surface area contributed by atoms with Crippen LogP contribution in [0.25, 0.3) is 0 Å². The van der Waals surface area contributed by atoms with Gasteiger partial charge in [0.1, 0.15) is 0 Å². The highest BCUT2D eigenvalue weighted by molar-refractivity contribution is 5.93. The van der Waals surface area contributed by atoms with Crippen LogP contribution < -0.4 is 25.0 Å². The Kier molecular flexibility index (Phi) is 6.92. The first-order valence-electron chi connectivity index (χ1n) is 10.7. The molecule has 2 N–H and O–H groups in total. The molecular weight excluding hydrogens is 380 g/mol. The quantitative estimate of drug-likeness (QED) is 0.583. The molecular formula is C23H30N4O3. The minimum Gasteiger partial charge on any atom is -0.490 e. The first kappa shape index (κ1) is 20.3. The molecule has 7 nitrogen and oxygen atoms in total. The van der Waals surface area contributed by atoms with Gasteiger partial charge in [0.25, 0.3) is 0 Å². The maximum atomic E-state index is 5.78. The third-order valence-electron chi connectivity index (χ3n) is 5.09. The van der Waals surface area contributed by atoms with E-state index in [-0.39, 0.29) is 0 Å². The SMILES string of the molecule is CCNC(=NCc1ccc(N2CCOCC2)cc1)Nc1ccc2c(c1)OCCCO2. The summed E-state index contributed by atoms with van der Waals surface area (Å²) in [6, 6.07) is 14.5. The number of morpholine rings is 1. The lowest BCUT2D eigenvalue weighted by Crippen LogP contribution is -2.36. The summed E-state index contributed by atoms with van der Waals surface area (Å²) in [5.74, 6) is 2.30. The Hall–Kier alpha value is -2.93. The molecule has 0 aliphatic carbocycles. The van der Waals surface area contributed by atoms with Crippen molar-refractivity contribution in [3.8, 4) is 11.5 Å². The number of fused-ring (bicyclic) bond motifs is 1. The zero-order valence-electron chi connectivity index (χ0n) is 17.5. The van der Waals surface area contributed by atoms with E-state index >= 15 is 0 Å². The van der Waals surface area contributed by atoms with Crippen LogP contribution in [0.1, 0.15) is 18.9 Å². The van der Waals surface area contributed by atoms with Gasteiger partial charge in [-0.3, -0.25) is 0 Å². The fourth-order valence-corrected chi connectivity index (χ4v) is 3.49. The average molecular weight is 411 g/mol. The number of hydrogen-bond donors (Lipinski definition) is 2. The Balaban J connectivity index is 1.40. The molecule has 2 aliphatic rings. The van der Waals surface area contributed by atoms with Gasteiger partial charge in [0, 0.05) is 43.5 Å². The summed E-state index contributed by atoms with van der Waals surface area (Å²) in [5, 5.41) is 6.67. The van der Waals surface area contributed by atoms with Gasteiger partial charge in [0.05, 0.1) is 33.0 Å². The average Bonchev–Trinajstić information content (AvgIpc) is 3.04. The normalized spacial score (nSPS) is 16.7. The highest BCUT2D eigenvalue weighted by Crippen LogP contribution is 2.32. The summed E-state index contributed by atoms with van der Waals surface area (Å²) in [6.07, 6.45) is 0.895. The Morgan fingerprint density at radius 1 is 0.967 bits per heavy atom. The molecule has 2 aromatic rings. The maximum absolute atomic E-state index is 5.78. The van der Waals surface area contributed by atoms with Gasteiger partial charge in [-0.15, -0.1) is 0 Å². The Bertz CT molecular complexity index is 848. The lowest BCUT2D eigenvalue weighted by Gasteiger charge is -2.28. The number of aliphatic imine (C=N–C) groups is 1. The summed E-state index contributed by atoms with van der Waals surface area (Å²) in [7, 11) is 0. The van der Waals surface area contributed by atoms with Gasteiger partial charge < -0.3 is 29.7 Å². The molecule has 0 unspecified atom stereocenters. The van der Waals surface area contributed by atoms with Gasteiger partial charge in [-0.05, 0) is 36.8 Å². The molecule has 30 heavy (non-hydrogen) atoms. The third kappa shape index (κ3) is 5.36. The summed E-state index contributed by atoms with van der Waals surface area (Å²) in [6.45, 7) is 8.29. The van der Waals surface area contributed by atoms with Crippen molar-refractivity contribution in [2.45, 2.75) is 19.9 Å². The molecule has 1 saturated heterocycles. The minimum absolute atomic E-state index is 0.600. The highest BCUT2D eigenvalue weighted by Gasteiger charge is 2.12. The molecule has 2 aromatic carbocycles. The molecule has 0 aromatic heterocycles. The van der Waals surface area contributed by atoms with Crippen LogP contribution in [0.2, 0.25) is 0 Å². The molecule has 1 fully saturated rings. The lowest BCUT2D eigenvalue weighted by molar-refractivity contribution is 0.122. The molecule has 0 amide bonds. The molecule has 0 radical (unpaired) electrons. The number of nitrogens with zero attached hydrogens (tertiary/aromatic N) is 2. The number of ether oxygens (including phenoxy) is 3. The molecule has 2 heterocycles. The molecule has 0 bridgehead atoms. The first-order chi connectivity index (χ1) is 14.8. The fraction of sp³-hybridized carbons (Fsp3) is 0.435. The van der Waals surface area contributed by atoms with Gasteiger partial charge in [-0.1, -0.05) is 12.1 Å². The topological polar surface area (TPSA) is 67.4 Å². The van der Waals surface area contributed by atoms with E-state index in [1.54, 1.807) is 0 Å². The highest BCUT2D eigenvalue weighted by atomic mass is 16.5. The number of nitrogens with one attached hydrogen (secondary N) is 2. The van der Waals surface area contributed by atoms with Gasteiger partial charge in [0.2, 0.25) is 0 Å². The van der Waals surface area contributed by atoms with Crippen molar-refractivity contribution in [1.82, 2.24) is 5.32 Å². The molecule has 160 valence electrons. The van der Waals surface area contributed by atoms with E-state index in [1.165, 1.54) is 11.3 Å². The minimum atomic E-state index is 0.600. The van der Waals surface area contributed by atoms with E-state index in [1.807, 2.05) is 18.2 Å². The van der Waals surface area contributed by atoms with Crippen molar-refractivity contribution < 1.29 is 14.2 Å². The van der Waals surface area contributed by atoms with Crippen LogP contribution in [-0.4, -0.2) is 52.0 Å². The predicted molar refractivity (Wildman–Crippen MR) is 120 cm³/mol. The smallest absolute Gasteiger partial charge is 0.196 e. The maximum Gasteiger partial charge on any atom is 0.196 e. The van der Waals surface area contributed by atoms with E-state index < -0.39 is 0 Å². The number of benzene rings is 2. The Morgan fingerprint density at radius 2 is 1.73 bits per heavy atom. The van der Waals surface area contributed by atoms with Crippen LogP contribution in [0.4, 0.5) is 11.4 Å². The zero-order chi connectivity index (χ0) is 20.6. The van der Waals surface area contributed by atoms with E-state index in [4.69, 9.17) is 19.2 Å². The first-order valence-corrected chi connectivity index (χ1v) is 10.7. The summed E-state index contributed by atoms with van der Waals surface area (Å²) in [4.78, 5) is 7.09. The third-order valence-corrected chi connectivity index (χ3v) is 5.09. The van der Waals surface area contributed by atoms with Crippen molar-refractivity contribution in [3.05, 3.63) is 48.0 Å². The van der Waals surface area contributed by atoms with Gasteiger partial charge in [-0.25, -0.2) is 4.99 Å². The predicted octanol–water partition coefficient (Wildman–Crippen LogP) is 3.26. The fourth-order valence-electron chi connectivity index (χ4n) is 3.49. The van der Waals surface area contributed by atoms with Crippen molar-refractivity contribution in [1.29, 1.82) is 0 Å². The molecule has 7 heteroatoms. The molecule has 4 rings (SSSR count). The zero-order valence-corrected chi connectivity index (χ0v) is 17.5. The number of anilines is 2. The number of rotatable bonds is 5. The van der Waals surface area contributed by atoms with Crippen LogP contribution in [0.5, 0.6) is 11.5 Å². The van der Waals surface area contributed by atoms with Crippen molar-refractivity contribution in [2.75, 3.05) is 56.3 Å². The lowest BCUT2D eigenvalue weighted by atomic mass is 10.2. The largest absolute Gasteiger partial charge is 0.490 e. The van der Waals surface area contributed by atoms with E-state index in [2.05, 4.69) is 46.7 Å². The van der Waals surface area contributed by atoms with Crippen LogP contribution in [0.3, 0.4) is 0 Å². The van der Waals surface area contributed by atoms with Crippen molar-refractivity contribution in [3.63, 3.8) is 0 Å². The summed E-state index contributed by atoms with van der Waals surface area (Å²) < 4.78 is 16.9. The second kappa shape index (κ2) is 10.2. The van der Waals surface area contributed by atoms with Crippen LogP contribution in [-0.2, 0) is 11.3 Å². The molecule has 0 saturated carbocycles. The van der Waals surface area contributed by atoms with Crippen molar-refractivity contribution in [2.24, 2.45) is 4.99 Å². The standard InChI is InChI=1S/C23H30N4O3/c1-2-24-23(26-19-6-9-21-22(16-19)30-13-3-12-29-21)25-17-18-4-7-20(8-5-18)27-10-14-28-15-11-27/h4-9,16H,2-3,10-15,17H2,1H3,(H2,24,25,26). The van der Waals surface area contributed by atoms with Gasteiger partial charge in [0.15, 0.2) is 17.5 Å². The molecule has 0 atom stereocenters. The number of guanidine groups is 1. The molecule has 2 aliphatic heterocycles. The summed E-state index contributed by atoms with van der Waals surface area (Å²) >= 11 is 0. The van der Waals surface area contributed by atoms with Crippen LogP contribution in [0.15, 0.2) is 47.5 Å². The summed E-state index contributed by atoms with van der Waals surface area (Å²) in [5.41, 5.74) is 3.33. The van der Waals surface area contributed by atoms with Crippen LogP contribution in [0, 0.1) is 0 Å². The monoisotopic (exact) mass is 410 g/mol. The van der Waals surface area contributed by atoms with Gasteiger partial charge >= 0.3 is 0 Å². The number of hydrogen-bond acceptors (Lipinski definition) is 5. The van der Waals surface area contributed by atoms with E-state index in [0.29, 0.717) is 19.8 Å². The second-order valence-electron chi connectivity index (χ2n) is 7.30. The molecule has 0 spiro atoms. The van der Waals surface area contributed by atoms with Crippen LogP contribution >= 0.6 is 0 Å². The second-order valence-corrected chi connectivity index (χ2v) is 7.30. The van der Waals surface area contributed by atoms with Gasteiger partial charge in [-0.2, -0.15) is 0 Å².